The summed E-state index contributed by atoms with van der Waals surface area (Å²) in [5.41, 5.74) is 0.386. The first-order valence-corrected chi connectivity index (χ1v) is 8.74. The van der Waals surface area contributed by atoms with Crippen LogP contribution in [0.3, 0.4) is 0 Å². The van der Waals surface area contributed by atoms with Crippen LogP contribution in [-0.2, 0) is 25.7 Å². The van der Waals surface area contributed by atoms with Gasteiger partial charge in [-0.25, -0.2) is 4.79 Å². The SMILES string of the molecule is CC(C)(C)C(=O)N1[C@@H]([C]2[CH][CH][CH][CH]2)OC(=O)[C@@H]1COCc1ccccc1. The van der Waals surface area contributed by atoms with Crippen molar-refractivity contribution in [2.24, 2.45) is 5.41 Å². The van der Waals surface area contributed by atoms with Gasteiger partial charge in [0.15, 0.2) is 12.3 Å². The van der Waals surface area contributed by atoms with E-state index in [9.17, 15) is 9.59 Å². The molecule has 137 valence electrons. The number of esters is 1. The number of carbonyl (C=O) groups excluding carboxylic acids is 2. The maximum absolute atomic E-state index is 13.0. The molecule has 0 aromatic heterocycles. The molecule has 2 atom stereocenters. The minimum atomic E-state index is -0.745. The highest BCUT2D eigenvalue weighted by Crippen LogP contribution is 2.37. The minimum Gasteiger partial charge on any atom is -0.439 e. The third kappa shape index (κ3) is 4.09. The second-order valence-electron chi connectivity index (χ2n) is 7.49. The molecule has 1 saturated carbocycles. The number of ether oxygens (including phenoxy) is 2. The molecule has 0 bridgehead atoms. The summed E-state index contributed by atoms with van der Waals surface area (Å²) >= 11 is 0. The van der Waals surface area contributed by atoms with Gasteiger partial charge in [-0.15, -0.1) is 0 Å². The Kier molecular flexibility index (Phi) is 5.66. The summed E-state index contributed by atoms with van der Waals surface area (Å²) in [5.74, 6) is 0.228. The molecule has 2 aliphatic rings. The third-order valence-electron chi connectivity index (χ3n) is 4.33. The molecule has 1 saturated heterocycles. The van der Waals surface area contributed by atoms with Crippen molar-refractivity contribution >= 4 is 11.9 Å². The predicted octanol–water partition coefficient (Wildman–Crippen LogP) is 2.73. The Hall–Kier alpha value is -1.88. The predicted molar refractivity (Wildman–Crippen MR) is 96.5 cm³/mol. The van der Waals surface area contributed by atoms with Crippen molar-refractivity contribution in [3.63, 3.8) is 0 Å². The van der Waals surface area contributed by atoms with Crippen LogP contribution in [0.15, 0.2) is 30.3 Å². The van der Waals surface area contributed by atoms with Crippen molar-refractivity contribution in [1.29, 1.82) is 0 Å². The van der Waals surface area contributed by atoms with E-state index < -0.39 is 23.7 Å². The van der Waals surface area contributed by atoms with Gasteiger partial charge in [-0.1, -0.05) is 51.1 Å². The highest BCUT2D eigenvalue weighted by molar-refractivity contribution is 5.90. The zero-order valence-electron chi connectivity index (χ0n) is 15.3. The monoisotopic (exact) mass is 354 g/mol. The fourth-order valence-corrected chi connectivity index (χ4v) is 2.95. The van der Waals surface area contributed by atoms with Crippen LogP contribution in [0, 0.1) is 37.0 Å². The van der Waals surface area contributed by atoms with E-state index >= 15 is 0 Å². The van der Waals surface area contributed by atoms with Gasteiger partial charge in [-0.2, -0.15) is 0 Å². The minimum absolute atomic E-state index is 0.104. The lowest BCUT2D eigenvalue weighted by Crippen LogP contribution is -2.51. The third-order valence-corrected chi connectivity index (χ3v) is 4.33. The average Bonchev–Trinajstić information content (AvgIpc) is 3.23. The smallest absolute Gasteiger partial charge is 0.333 e. The molecule has 0 N–H and O–H groups in total. The number of rotatable bonds is 5. The molecule has 5 nitrogen and oxygen atoms in total. The topological polar surface area (TPSA) is 55.8 Å². The quantitative estimate of drug-likeness (QED) is 0.763. The van der Waals surface area contributed by atoms with Crippen LogP contribution in [0.4, 0.5) is 0 Å². The standard InChI is InChI=1S/C21H24NO4/c1-21(2,3)20(24)22-17(14-25-13-15-9-5-4-6-10-15)19(23)26-18(22)16-11-7-8-12-16/h4-12,17-18H,13-14H2,1-3H3/t17-,18+/m0/s1. The Balaban J connectivity index is 1.72. The van der Waals surface area contributed by atoms with Crippen LogP contribution in [0.2, 0.25) is 0 Å². The van der Waals surface area contributed by atoms with Gasteiger partial charge in [0.05, 0.1) is 13.2 Å². The zero-order valence-corrected chi connectivity index (χ0v) is 15.3. The molecule has 1 aromatic carbocycles. The molecular weight excluding hydrogens is 330 g/mol. The molecule has 5 radical (unpaired) electrons. The molecular formula is C21H24NO4. The Labute approximate surface area is 155 Å². The highest BCUT2D eigenvalue weighted by Gasteiger charge is 2.51. The van der Waals surface area contributed by atoms with E-state index in [1.807, 2.05) is 76.8 Å². The summed E-state index contributed by atoms with van der Waals surface area (Å²) in [5, 5.41) is 0. The van der Waals surface area contributed by atoms with E-state index in [0.29, 0.717) is 6.61 Å². The van der Waals surface area contributed by atoms with Crippen LogP contribution in [0.25, 0.3) is 0 Å². The van der Waals surface area contributed by atoms with Crippen molar-refractivity contribution in [1.82, 2.24) is 4.90 Å². The van der Waals surface area contributed by atoms with Crippen molar-refractivity contribution in [3.8, 4) is 0 Å². The fourth-order valence-electron chi connectivity index (χ4n) is 2.95. The normalized spacial score (nSPS) is 24.1. The summed E-state index contributed by atoms with van der Waals surface area (Å²) in [4.78, 5) is 27.0. The first kappa shape index (κ1) is 18.9. The van der Waals surface area contributed by atoms with Crippen molar-refractivity contribution in [2.75, 3.05) is 6.61 Å². The molecule has 0 unspecified atom stereocenters. The summed E-state index contributed by atoms with van der Waals surface area (Å²) in [7, 11) is 0. The molecule has 5 heteroatoms. The number of hydrogen-bond donors (Lipinski definition) is 0. The van der Waals surface area contributed by atoms with Gasteiger partial charge < -0.3 is 9.47 Å². The highest BCUT2D eigenvalue weighted by atomic mass is 16.6. The fraction of sp³-hybridized carbons (Fsp3) is 0.381. The molecule has 1 aliphatic heterocycles. The Morgan fingerprint density at radius 3 is 2.42 bits per heavy atom. The first-order valence-electron chi connectivity index (χ1n) is 8.74. The summed E-state index contributed by atoms with van der Waals surface area (Å²) in [6.07, 6.45) is 6.74. The van der Waals surface area contributed by atoms with E-state index in [0.717, 1.165) is 11.5 Å². The van der Waals surface area contributed by atoms with E-state index in [-0.39, 0.29) is 12.5 Å². The van der Waals surface area contributed by atoms with Gasteiger partial charge in [-0.3, -0.25) is 9.69 Å². The summed E-state index contributed by atoms with van der Waals surface area (Å²) < 4.78 is 11.3. The Bertz CT molecular complexity index is 631. The van der Waals surface area contributed by atoms with Crippen molar-refractivity contribution < 1.29 is 19.1 Å². The zero-order chi connectivity index (χ0) is 18.7. The van der Waals surface area contributed by atoms with Crippen molar-refractivity contribution in [3.05, 3.63) is 67.5 Å². The van der Waals surface area contributed by atoms with Gasteiger partial charge in [0, 0.05) is 11.3 Å². The van der Waals surface area contributed by atoms with E-state index in [4.69, 9.17) is 9.47 Å². The molecule has 1 aromatic rings. The molecule has 26 heavy (non-hydrogen) atoms. The van der Waals surface area contributed by atoms with Crippen LogP contribution >= 0.6 is 0 Å². The van der Waals surface area contributed by atoms with E-state index in [1.165, 1.54) is 4.90 Å². The van der Waals surface area contributed by atoms with Crippen LogP contribution < -0.4 is 0 Å². The molecule has 1 amide bonds. The number of amides is 1. The van der Waals surface area contributed by atoms with Crippen LogP contribution in [0.5, 0.6) is 0 Å². The number of benzene rings is 1. The van der Waals surface area contributed by atoms with E-state index in [1.54, 1.807) is 0 Å². The largest absolute Gasteiger partial charge is 0.439 e. The van der Waals surface area contributed by atoms with Gasteiger partial charge >= 0.3 is 5.97 Å². The second-order valence-corrected chi connectivity index (χ2v) is 7.49. The number of carbonyl (C=O) groups is 2. The molecule has 2 fully saturated rings. The van der Waals surface area contributed by atoms with Gasteiger partial charge in [0.25, 0.3) is 0 Å². The molecule has 3 rings (SSSR count). The van der Waals surface area contributed by atoms with Crippen LogP contribution in [0.1, 0.15) is 26.3 Å². The van der Waals surface area contributed by atoms with Gasteiger partial charge in [-0.05, 0) is 31.2 Å². The number of cyclic esters (lactones) is 1. The molecule has 0 spiro atoms. The summed E-state index contributed by atoms with van der Waals surface area (Å²) in [6.45, 7) is 5.99. The lowest BCUT2D eigenvalue weighted by atomic mass is 9.92. The maximum Gasteiger partial charge on any atom is 0.333 e. The molecule has 1 aliphatic carbocycles. The lowest BCUT2D eigenvalue weighted by Gasteiger charge is -2.33. The first-order chi connectivity index (χ1) is 12.4. The Morgan fingerprint density at radius 2 is 1.81 bits per heavy atom. The average molecular weight is 354 g/mol. The maximum atomic E-state index is 13.0. The van der Waals surface area contributed by atoms with E-state index in [2.05, 4.69) is 0 Å². The Morgan fingerprint density at radius 1 is 1.15 bits per heavy atom. The number of hydrogen-bond acceptors (Lipinski definition) is 4. The summed E-state index contributed by atoms with van der Waals surface area (Å²) in [6, 6.07) is 8.97. The molecule has 1 heterocycles. The lowest BCUT2D eigenvalue weighted by molar-refractivity contribution is -0.146. The van der Waals surface area contributed by atoms with Gasteiger partial charge in [0.2, 0.25) is 5.91 Å². The van der Waals surface area contributed by atoms with Crippen LogP contribution in [-0.4, -0.2) is 35.7 Å². The second kappa shape index (κ2) is 7.78. The number of nitrogens with zero attached hydrogens (tertiary/aromatic N) is 1. The van der Waals surface area contributed by atoms with Crippen molar-refractivity contribution in [2.45, 2.75) is 39.6 Å². The van der Waals surface area contributed by atoms with Gasteiger partial charge in [0.1, 0.15) is 0 Å².